The van der Waals surface area contributed by atoms with Crippen LogP contribution in [0.2, 0.25) is 0 Å². The Morgan fingerprint density at radius 2 is 1.25 bits per heavy atom. The van der Waals surface area contributed by atoms with Gasteiger partial charge in [-0.05, 0) is 73.1 Å². The number of hydrogen-bond donors (Lipinski definition) is 1. The molecule has 1 aromatic heterocycles. The van der Waals surface area contributed by atoms with Crippen molar-refractivity contribution in [2.75, 3.05) is 0 Å². The number of allylic oxidation sites excluding steroid dienone is 2. The molecule has 0 amide bonds. The number of nitrogens with one attached hydrogen (secondary N) is 1. The number of carbonyl (C=O) groups is 2. The van der Waals surface area contributed by atoms with Crippen LogP contribution in [0.5, 0.6) is 0 Å². The quantitative estimate of drug-likeness (QED) is 0.791. The number of esters is 2. The van der Waals surface area contributed by atoms with Gasteiger partial charge >= 0.3 is 11.9 Å². The van der Waals surface area contributed by atoms with Gasteiger partial charge in [0.15, 0.2) is 0 Å². The zero-order valence-electron chi connectivity index (χ0n) is 18.0. The zero-order chi connectivity index (χ0) is 21.3. The fraction of sp³-hybridized carbons (Fsp3) is 0.500. The number of hydrogen-bond acceptors (Lipinski definition) is 6. The summed E-state index contributed by atoms with van der Waals surface area (Å²) in [5, 5.41) is 3.15. The largest absolute Gasteiger partial charge is 0.457 e. The molecular formula is C22H30N2O4. The van der Waals surface area contributed by atoms with E-state index < -0.39 is 29.1 Å². The van der Waals surface area contributed by atoms with Crippen LogP contribution in [0.15, 0.2) is 47.1 Å². The number of nitrogens with zero attached hydrogens (tertiary/aromatic N) is 1. The molecule has 28 heavy (non-hydrogen) atoms. The van der Waals surface area contributed by atoms with E-state index in [1.807, 2.05) is 55.4 Å². The topological polar surface area (TPSA) is 77.5 Å². The standard InChI is InChI=1S/C22H30N2O4/c1-13-16(19(25)27-21(3,4)5)18(15-9-11-23-12-10-15)17(14(2)24-13)20(26)28-22(6,7)8/h9-12,18,24H,1-8H3. The lowest BCUT2D eigenvalue weighted by Crippen LogP contribution is -2.36. The second kappa shape index (κ2) is 7.78. The third-order valence-corrected chi connectivity index (χ3v) is 4.04. The fourth-order valence-electron chi connectivity index (χ4n) is 3.09. The average molecular weight is 386 g/mol. The van der Waals surface area contributed by atoms with Crippen LogP contribution in [-0.4, -0.2) is 28.1 Å². The number of ether oxygens (including phenoxy) is 2. The van der Waals surface area contributed by atoms with Crippen LogP contribution in [0.3, 0.4) is 0 Å². The van der Waals surface area contributed by atoms with Gasteiger partial charge < -0.3 is 14.8 Å². The second-order valence-corrected chi connectivity index (χ2v) is 8.92. The van der Waals surface area contributed by atoms with Gasteiger partial charge in [0.25, 0.3) is 0 Å². The van der Waals surface area contributed by atoms with Gasteiger partial charge in [0.2, 0.25) is 0 Å². The monoisotopic (exact) mass is 386 g/mol. The highest BCUT2D eigenvalue weighted by Crippen LogP contribution is 2.40. The van der Waals surface area contributed by atoms with E-state index >= 15 is 0 Å². The third kappa shape index (κ3) is 5.21. The van der Waals surface area contributed by atoms with E-state index in [1.165, 1.54) is 0 Å². The molecule has 1 aliphatic heterocycles. The summed E-state index contributed by atoms with van der Waals surface area (Å²) in [5.74, 6) is -1.53. The Bertz CT molecular complexity index is 774. The molecule has 1 aromatic rings. The number of aromatic nitrogens is 1. The minimum absolute atomic E-state index is 0.396. The van der Waals surface area contributed by atoms with E-state index in [0.717, 1.165) is 5.56 Å². The summed E-state index contributed by atoms with van der Waals surface area (Å²) in [6.07, 6.45) is 3.28. The first-order valence-corrected chi connectivity index (χ1v) is 9.35. The maximum Gasteiger partial charge on any atom is 0.337 e. The molecule has 1 aliphatic rings. The smallest absolute Gasteiger partial charge is 0.337 e. The fourth-order valence-corrected chi connectivity index (χ4v) is 3.09. The van der Waals surface area contributed by atoms with Crippen molar-refractivity contribution in [3.05, 3.63) is 52.6 Å². The Morgan fingerprint density at radius 1 is 0.857 bits per heavy atom. The SMILES string of the molecule is CC1=C(C(=O)OC(C)(C)C)C(c2ccncc2)C(C(=O)OC(C)(C)C)=C(C)N1. The average Bonchev–Trinajstić information content (AvgIpc) is 2.51. The maximum absolute atomic E-state index is 13.1. The molecule has 6 heteroatoms. The molecule has 0 saturated heterocycles. The molecule has 6 nitrogen and oxygen atoms in total. The Kier molecular flexibility index (Phi) is 6.02. The van der Waals surface area contributed by atoms with Crippen LogP contribution in [0.25, 0.3) is 0 Å². The number of dihydropyridines is 1. The molecule has 0 saturated carbocycles. The van der Waals surface area contributed by atoms with Gasteiger partial charge in [0.05, 0.1) is 17.1 Å². The number of pyridine rings is 1. The summed E-state index contributed by atoms with van der Waals surface area (Å²) in [5.41, 5.74) is 1.56. The molecule has 152 valence electrons. The van der Waals surface area contributed by atoms with E-state index in [1.54, 1.807) is 24.5 Å². The minimum atomic E-state index is -0.657. The maximum atomic E-state index is 13.1. The highest BCUT2D eigenvalue weighted by molar-refractivity contribution is 6.00. The molecule has 0 fully saturated rings. The summed E-state index contributed by atoms with van der Waals surface area (Å²) in [4.78, 5) is 30.2. The first-order chi connectivity index (χ1) is 12.8. The van der Waals surface area contributed by atoms with Crippen LogP contribution in [0.1, 0.15) is 66.9 Å². The van der Waals surface area contributed by atoms with Crippen molar-refractivity contribution in [2.24, 2.45) is 0 Å². The lowest BCUT2D eigenvalue weighted by Gasteiger charge is -2.33. The predicted molar refractivity (Wildman–Crippen MR) is 107 cm³/mol. The van der Waals surface area contributed by atoms with Crippen LogP contribution in [-0.2, 0) is 19.1 Å². The normalized spacial score (nSPS) is 16.0. The molecule has 0 unspecified atom stereocenters. The van der Waals surface area contributed by atoms with Gasteiger partial charge in [-0.2, -0.15) is 0 Å². The van der Waals surface area contributed by atoms with Crippen molar-refractivity contribution in [3.63, 3.8) is 0 Å². The van der Waals surface area contributed by atoms with Gasteiger partial charge in [-0.1, -0.05) is 0 Å². The summed E-state index contributed by atoms with van der Waals surface area (Å²) < 4.78 is 11.3. The highest BCUT2D eigenvalue weighted by atomic mass is 16.6. The van der Waals surface area contributed by atoms with Crippen molar-refractivity contribution in [1.82, 2.24) is 10.3 Å². The third-order valence-electron chi connectivity index (χ3n) is 4.04. The van der Waals surface area contributed by atoms with Gasteiger partial charge in [-0.15, -0.1) is 0 Å². The van der Waals surface area contributed by atoms with Crippen LogP contribution in [0, 0.1) is 0 Å². The molecule has 0 aliphatic carbocycles. The van der Waals surface area contributed by atoms with Crippen molar-refractivity contribution < 1.29 is 19.1 Å². The van der Waals surface area contributed by atoms with Gasteiger partial charge in [0.1, 0.15) is 11.2 Å². The minimum Gasteiger partial charge on any atom is -0.457 e. The Morgan fingerprint density at radius 3 is 1.61 bits per heavy atom. The van der Waals surface area contributed by atoms with E-state index in [4.69, 9.17) is 9.47 Å². The molecule has 0 bridgehead atoms. The van der Waals surface area contributed by atoms with Gasteiger partial charge in [-0.3, -0.25) is 4.98 Å². The van der Waals surface area contributed by atoms with Crippen molar-refractivity contribution in [3.8, 4) is 0 Å². The lowest BCUT2D eigenvalue weighted by molar-refractivity contribution is -0.150. The summed E-state index contributed by atoms with van der Waals surface area (Å²) in [7, 11) is 0. The summed E-state index contributed by atoms with van der Waals surface area (Å²) in [6.45, 7) is 14.5. The first kappa shape index (κ1) is 21.7. The molecule has 2 rings (SSSR count). The molecule has 0 spiro atoms. The number of rotatable bonds is 3. The van der Waals surface area contributed by atoms with E-state index in [-0.39, 0.29) is 0 Å². The molecular weight excluding hydrogens is 356 g/mol. The van der Waals surface area contributed by atoms with E-state index in [2.05, 4.69) is 10.3 Å². The highest BCUT2D eigenvalue weighted by Gasteiger charge is 2.39. The van der Waals surface area contributed by atoms with Crippen molar-refractivity contribution in [1.29, 1.82) is 0 Å². The van der Waals surface area contributed by atoms with E-state index in [0.29, 0.717) is 22.5 Å². The van der Waals surface area contributed by atoms with Gasteiger partial charge in [0, 0.05) is 23.8 Å². The first-order valence-electron chi connectivity index (χ1n) is 9.35. The molecule has 0 radical (unpaired) electrons. The van der Waals surface area contributed by atoms with Crippen molar-refractivity contribution >= 4 is 11.9 Å². The van der Waals surface area contributed by atoms with Crippen LogP contribution in [0.4, 0.5) is 0 Å². The van der Waals surface area contributed by atoms with Gasteiger partial charge in [-0.25, -0.2) is 9.59 Å². The summed E-state index contributed by atoms with van der Waals surface area (Å²) >= 11 is 0. The lowest BCUT2D eigenvalue weighted by atomic mass is 9.80. The zero-order valence-corrected chi connectivity index (χ0v) is 18.0. The molecule has 2 heterocycles. The van der Waals surface area contributed by atoms with E-state index in [9.17, 15) is 9.59 Å². The summed E-state index contributed by atoms with van der Waals surface area (Å²) in [6, 6.07) is 3.59. The molecule has 1 N–H and O–H groups in total. The number of carbonyl (C=O) groups excluding carboxylic acids is 2. The molecule has 0 atom stereocenters. The Balaban J connectivity index is 2.60. The van der Waals surface area contributed by atoms with Crippen LogP contribution >= 0.6 is 0 Å². The molecule has 0 aromatic carbocycles. The Hall–Kier alpha value is -2.63. The van der Waals surface area contributed by atoms with Crippen LogP contribution < -0.4 is 5.32 Å². The second-order valence-electron chi connectivity index (χ2n) is 8.92. The Labute approximate surface area is 167 Å². The predicted octanol–water partition coefficient (Wildman–Crippen LogP) is 4.00. The van der Waals surface area contributed by atoms with Crippen molar-refractivity contribution in [2.45, 2.75) is 72.5 Å².